The van der Waals surface area contributed by atoms with E-state index < -0.39 is 8.07 Å². The van der Waals surface area contributed by atoms with Crippen molar-refractivity contribution in [1.29, 1.82) is 0 Å². The molecule has 0 heterocycles. The second-order valence-corrected chi connectivity index (χ2v) is 10.2. The molecule has 1 N–H and O–H groups in total. The highest BCUT2D eigenvalue weighted by Crippen LogP contribution is 2.09. The minimum atomic E-state index is -1.02. The average Bonchev–Trinajstić information content (AvgIpc) is 1.95. The van der Waals surface area contributed by atoms with Crippen LogP contribution in [0.1, 0.15) is 26.7 Å². The molecule has 1 unspecified atom stereocenters. The lowest BCUT2D eigenvalue weighted by molar-refractivity contribution is 0.117. The Bertz CT molecular complexity index is 156. The smallest absolute Gasteiger partial charge is 0.0682 e. The molecular formula is C11H24OSi. The molecule has 0 saturated heterocycles. The predicted molar refractivity (Wildman–Crippen MR) is 62.6 cm³/mol. The van der Waals surface area contributed by atoms with Crippen molar-refractivity contribution in [2.45, 2.75) is 52.4 Å². The number of hydrogen-bond acceptors (Lipinski definition) is 1. The fraction of sp³-hybridized carbons (Fsp3) is 0.818. The molecule has 0 aliphatic carbocycles. The van der Waals surface area contributed by atoms with Gasteiger partial charge in [-0.15, -0.1) is 0 Å². The predicted octanol–water partition coefficient (Wildman–Crippen LogP) is 3.22. The van der Waals surface area contributed by atoms with E-state index in [1.807, 2.05) is 0 Å². The van der Waals surface area contributed by atoms with Crippen LogP contribution >= 0.6 is 0 Å². The van der Waals surface area contributed by atoms with Crippen LogP contribution in [0.2, 0.25) is 19.6 Å². The van der Waals surface area contributed by atoms with Crippen LogP contribution in [0, 0.1) is 5.92 Å². The highest BCUT2D eigenvalue weighted by molar-refractivity contribution is 6.80. The van der Waals surface area contributed by atoms with Gasteiger partial charge in [0.2, 0.25) is 0 Å². The van der Waals surface area contributed by atoms with Crippen molar-refractivity contribution in [3.05, 3.63) is 11.8 Å². The minimum Gasteiger partial charge on any atom is -0.393 e. The van der Waals surface area contributed by atoms with Gasteiger partial charge in [-0.25, -0.2) is 0 Å². The summed E-state index contributed by atoms with van der Waals surface area (Å²) in [6, 6.07) is 0. The summed E-state index contributed by atoms with van der Waals surface area (Å²) in [5.41, 5.74) is 2.35. The number of rotatable bonds is 5. The van der Waals surface area contributed by atoms with Gasteiger partial charge in [0, 0.05) is 0 Å². The van der Waals surface area contributed by atoms with E-state index in [4.69, 9.17) is 0 Å². The Labute approximate surface area is 83.9 Å². The van der Waals surface area contributed by atoms with Crippen LogP contribution in [0.4, 0.5) is 0 Å². The largest absolute Gasteiger partial charge is 0.393 e. The number of aliphatic hydroxyl groups excluding tert-OH is 1. The van der Waals surface area contributed by atoms with E-state index in [9.17, 15) is 5.11 Å². The van der Waals surface area contributed by atoms with E-state index in [-0.39, 0.29) is 6.10 Å². The first-order valence-electron chi connectivity index (χ1n) is 5.18. The van der Waals surface area contributed by atoms with Crippen molar-refractivity contribution < 1.29 is 5.11 Å². The van der Waals surface area contributed by atoms with Gasteiger partial charge >= 0.3 is 0 Å². The van der Waals surface area contributed by atoms with Crippen LogP contribution in [-0.2, 0) is 0 Å². The minimum absolute atomic E-state index is 0.133. The third-order valence-corrected chi connectivity index (χ3v) is 3.25. The molecule has 0 bridgehead atoms. The Hall–Kier alpha value is -0.0831. The van der Waals surface area contributed by atoms with E-state index in [1.165, 1.54) is 0 Å². The third-order valence-electron chi connectivity index (χ3n) is 2.02. The lowest BCUT2D eigenvalue weighted by Crippen LogP contribution is -2.16. The first-order chi connectivity index (χ1) is 5.83. The van der Waals surface area contributed by atoms with Crippen LogP contribution in [0.3, 0.4) is 0 Å². The molecule has 1 nitrogen and oxygen atoms in total. The fourth-order valence-corrected chi connectivity index (χ4v) is 1.91. The molecule has 13 heavy (non-hydrogen) atoms. The lowest BCUT2D eigenvalue weighted by Gasteiger charge is -2.13. The summed E-state index contributed by atoms with van der Waals surface area (Å²) in [4.78, 5) is 0. The molecule has 0 radical (unpaired) electrons. The van der Waals surface area contributed by atoms with Crippen molar-refractivity contribution >= 4 is 8.07 Å². The zero-order valence-corrected chi connectivity index (χ0v) is 10.7. The SMILES string of the molecule is CC(C)C(O)CC/C=C\[Si](C)(C)C. The van der Waals surface area contributed by atoms with E-state index in [1.54, 1.807) is 0 Å². The van der Waals surface area contributed by atoms with Crippen LogP contribution in [0.15, 0.2) is 11.8 Å². The third kappa shape index (κ3) is 8.25. The summed E-state index contributed by atoms with van der Waals surface area (Å²) in [7, 11) is -1.02. The van der Waals surface area contributed by atoms with Gasteiger partial charge in [0.05, 0.1) is 14.2 Å². The number of hydrogen-bond donors (Lipinski definition) is 1. The molecule has 0 aromatic carbocycles. The Kier molecular flexibility index (Phi) is 5.57. The Balaban J connectivity index is 3.62. The molecule has 0 spiro atoms. The highest BCUT2D eigenvalue weighted by Gasteiger charge is 2.08. The van der Waals surface area contributed by atoms with Gasteiger partial charge in [0.25, 0.3) is 0 Å². The second-order valence-electron chi connectivity index (χ2n) is 5.16. The Morgan fingerprint density at radius 2 is 1.77 bits per heavy atom. The Morgan fingerprint density at radius 3 is 2.15 bits per heavy atom. The summed E-state index contributed by atoms with van der Waals surface area (Å²) in [6.07, 6.45) is 4.02. The van der Waals surface area contributed by atoms with E-state index in [2.05, 4.69) is 45.3 Å². The summed E-state index contributed by atoms with van der Waals surface area (Å²) >= 11 is 0. The maximum atomic E-state index is 9.53. The van der Waals surface area contributed by atoms with E-state index in [0.29, 0.717) is 5.92 Å². The molecule has 0 aromatic rings. The van der Waals surface area contributed by atoms with Crippen molar-refractivity contribution in [1.82, 2.24) is 0 Å². The van der Waals surface area contributed by atoms with Gasteiger partial charge < -0.3 is 5.11 Å². The van der Waals surface area contributed by atoms with Crippen molar-refractivity contribution in [2.75, 3.05) is 0 Å². The Morgan fingerprint density at radius 1 is 1.23 bits per heavy atom. The molecule has 0 saturated carbocycles. The van der Waals surface area contributed by atoms with Gasteiger partial charge in [0.1, 0.15) is 0 Å². The van der Waals surface area contributed by atoms with Gasteiger partial charge in [-0.2, -0.15) is 0 Å². The summed E-state index contributed by atoms with van der Waals surface area (Å²) < 4.78 is 0. The standard InChI is InChI=1S/C11H24OSi/c1-10(2)11(12)8-6-7-9-13(3,4)5/h7,9-12H,6,8H2,1-5H3/b9-7-. The first kappa shape index (κ1) is 12.9. The molecule has 0 aliphatic heterocycles. The molecule has 0 amide bonds. The fourth-order valence-electron chi connectivity index (χ4n) is 1.04. The van der Waals surface area contributed by atoms with Crippen LogP contribution in [0.25, 0.3) is 0 Å². The average molecular weight is 200 g/mol. The molecule has 0 fully saturated rings. The summed E-state index contributed by atoms with van der Waals surface area (Å²) in [5, 5.41) is 9.53. The second kappa shape index (κ2) is 5.61. The number of aliphatic hydroxyl groups is 1. The zero-order chi connectivity index (χ0) is 10.5. The van der Waals surface area contributed by atoms with Gasteiger partial charge in [0.15, 0.2) is 0 Å². The zero-order valence-electron chi connectivity index (χ0n) is 9.67. The molecule has 0 rings (SSSR count). The summed E-state index contributed by atoms with van der Waals surface area (Å²) in [5.74, 6) is 0.389. The van der Waals surface area contributed by atoms with E-state index in [0.717, 1.165) is 12.8 Å². The molecule has 2 heteroatoms. The summed E-state index contributed by atoms with van der Waals surface area (Å²) in [6.45, 7) is 11.1. The molecular weight excluding hydrogens is 176 g/mol. The quantitative estimate of drug-likeness (QED) is 0.676. The molecule has 1 atom stereocenters. The first-order valence-corrected chi connectivity index (χ1v) is 8.76. The highest BCUT2D eigenvalue weighted by atomic mass is 28.3. The van der Waals surface area contributed by atoms with Crippen molar-refractivity contribution in [2.24, 2.45) is 5.92 Å². The molecule has 0 aromatic heterocycles. The normalized spacial score (nSPS) is 15.6. The van der Waals surface area contributed by atoms with Gasteiger partial charge in [-0.3, -0.25) is 0 Å². The maximum absolute atomic E-state index is 9.53. The van der Waals surface area contributed by atoms with Crippen LogP contribution in [-0.4, -0.2) is 19.3 Å². The molecule has 0 aliphatic rings. The van der Waals surface area contributed by atoms with Crippen molar-refractivity contribution in [3.8, 4) is 0 Å². The monoisotopic (exact) mass is 200 g/mol. The van der Waals surface area contributed by atoms with E-state index >= 15 is 0 Å². The van der Waals surface area contributed by atoms with Gasteiger partial charge in [-0.05, 0) is 18.8 Å². The maximum Gasteiger partial charge on any atom is 0.0682 e. The van der Waals surface area contributed by atoms with Crippen LogP contribution < -0.4 is 0 Å². The number of allylic oxidation sites excluding steroid dienone is 1. The van der Waals surface area contributed by atoms with Crippen molar-refractivity contribution in [3.63, 3.8) is 0 Å². The van der Waals surface area contributed by atoms with Gasteiger partial charge in [-0.1, -0.05) is 45.3 Å². The van der Waals surface area contributed by atoms with Crippen LogP contribution in [0.5, 0.6) is 0 Å². The lowest BCUT2D eigenvalue weighted by atomic mass is 10.0. The topological polar surface area (TPSA) is 20.2 Å². The molecule has 78 valence electrons.